The second-order valence-corrected chi connectivity index (χ2v) is 9.88. The normalized spacial score (nSPS) is 16.0. The first-order chi connectivity index (χ1) is 18.5. The van der Waals surface area contributed by atoms with Crippen LogP contribution in [0.25, 0.3) is 22.3 Å². The number of nitrogens with zero attached hydrogens (tertiary/aromatic N) is 5. The highest BCUT2D eigenvalue weighted by atomic mass is 19.1. The van der Waals surface area contributed by atoms with Crippen LogP contribution in [0.5, 0.6) is 0 Å². The molecule has 6 rings (SSSR count). The van der Waals surface area contributed by atoms with Crippen molar-refractivity contribution in [2.24, 2.45) is 0 Å². The number of pyridine rings is 2. The number of carbonyl (C=O) groups excluding carboxylic acids is 1. The SMILES string of the molecule is CC(=O)NC1CCN(c2nc(-c3ccnc(Nc4c(F)cccc4F)c3)nc3cncc(C4CC4)c23)CC1. The lowest BCUT2D eigenvalue weighted by atomic mass is 10.0. The van der Waals surface area contributed by atoms with Gasteiger partial charge in [0.25, 0.3) is 0 Å². The van der Waals surface area contributed by atoms with Gasteiger partial charge in [-0.15, -0.1) is 0 Å². The summed E-state index contributed by atoms with van der Waals surface area (Å²) in [6.45, 7) is 3.04. The van der Waals surface area contributed by atoms with E-state index in [4.69, 9.17) is 9.97 Å². The Balaban J connectivity index is 1.39. The monoisotopic (exact) mass is 515 g/mol. The second kappa shape index (κ2) is 9.92. The van der Waals surface area contributed by atoms with E-state index in [9.17, 15) is 13.6 Å². The van der Waals surface area contributed by atoms with Crippen LogP contribution in [0.3, 0.4) is 0 Å². The van der Waals surface area contributed by atoms with Crippen LogP contribution in [0.15, 0.2) is 48.9 Å². The number of hydrogen-bond donors (Lipinski definition) is 2. The minimum atomic E-state index is -0.706. The zero-order valence-corrected chi connectivity index (χ0v) is 20.9. The van der Waals surface area contributed by atoms with Crippen molar-refractivity contribution in [3.63, 3.8) is 0 Å². The smallest absolute Gasteiger partial charge is 0.217 e. The summed E-state index contributed by atoms with van der Waals surface area (Å²) < 4.78 is 28.4. The maximum atomic E-state index is 14.2. The van der Waals surface area contributed by atoms with Crippen molar-refractivity contribution in [3.8, 4) is 11.4 Å². The van der Waals surface area contributed by atoms with Crippen molar-refractivity contribution >= 4 is 34.1 Å². The zero-order valence-electron chi connectivity index (χ0n) is 20.9. The number of piperidine rings is 1. The van der Waals surface area contributed by atoms with Crippen molar-refractivity contribution < 1.29 is 13.6 Å². The Hall–Kier alpha value is -4.21. The minimum absolute atomic E-state index is 0.0160. The van der Waals surface area contributed by atoms with Crippen molar-refractivity contribution in [1.82, 2.24) is 25.3 Å². The molecule has 1 saturated heterocycles. The molecule has 2 N–H and O–H groups in total. The summed E-state index contributed by atoms with van der Waals surface area (Å²) in [7, 11) is 0. The molecule has 1 aromatic carbocycles. The number of benzene rings is 1. The number of nitrogens with one attached hydrogen (secondary N) is 2. The maximum Gasteiger partial charge on any atom is 0.217 e. The fourth-order valence-corrected chi connectivity index (χ4v) is 5.06. The van der Waals surface area contributed by atoms with Crippen LogP contribution in [-0.4, -0.2) is 45.0 Å². The molecule has 1 amide bonds. The first-order valence-electron chi connectivity index (χ1n) is 12.8. The molecule has 0 atom stereocenters. The molecule has 2 fully saturated rings. The highest BCUT2D eigenvalue weighted by Gasteiger charge is 2.30. The molecule has 4 heterocycles. The largest absolute Gasteiger partial charge is 0.356 e. The number of anilines is 3. The third-order valence-electron chi connectivity index (χ3n) is 7.07. The van der Waals surface area contributed by atoms with Gasteiger partial charge in [-0.1, -0.05) is 6.07 Å². The molecule has 0 radical (unpaired) electrons. The number of hydrogen-bond acceptors (Lipinski definition) is 7. The number of aromatic nitrogens is 4. The molecule has 1 saturated carbocycles. The molecule has 0 unspecified atom stereocenters. The van der Waals surface area contributed by atoms with Crippen LogP contribution in [0.1, 0.15) is 44.1 Å². The van der Waals surface area contributed by atoms with Gasteiger partial charge in [-0.05, 0) is 61.4 Å². The summed E-state index contributed by atoms with van der Waals surface area (Å²) in [6, 6.07) is 7.29. The Kier molecular flexibility index (Phi) is 6.30. The van der Waals surface area contributed by atoms with Gasteiger partial charge in [0, 0.05) is 49.4 Å². The summed E-state index contributed by atoms with van der Waals surface area (Å²) >= 11 is 0. The van der Waals surface area contributed by atoms with E-state index in [-0.39, 0.29) is 23.5 Å². The van der Waals surface area contributed by atoms with Gasteiger partial charge >= 0.3 is 0 Å². The van der Waals surface area contributed by atoms with E-state index in [2.05, 4.69) is 25.5 Å². The van der Waals surface area contributed by atoms with Crippen molar-refractivity contribution in [2.75, 3.05) is 23.3 Å². The van der Waals surface area contributed by atoms with E-state index in [0.29, 0.717) is 17.3 Å². The number of fused-ring (bicyclic) bond motifs is 1. The predicted octanol–water partition coefficient (Wildman–Crippen LogP) is 5.09. The van der Waals surface area contributed by atoms with E-state index in [1.807, 2.05) is 6.20 Å². The minimum Gasteiger partial charge on any atom is -0.356 e. The summed E-state index contributed by atoms with van der Waals surface area (Å²) in [5.74, 6) is 0.637. The topological polar surface area (TPSA) is 95.9 Å². The molecule has 38 heavy (non-hydrogen) atoms. The van der Waals surface area contributed by atoms with Crippen molar-refractivity contribution in [3.05, 3.63) is 66.1 Å². The van der Waals surface area contributed by atoms with Gasteiger partial charge in [0.2, 0.25) is 5.91 Å². The standard InChI is InChI=1S/C28H27F2N7O/c1-16(38)33-19-8-11-37(12-9-19)28-25-20(17-5-6-17)14-31-15-23(25)34-27(36-28)18-7-10-32-24(13-18)35-26-21(29)3-2-4-22(26)30/h2-4,7,10,13-15,17,19H,5-6,8-9,11-12H2,1H3,(H,32,35)(H,33,38). The fourth-order valence-electron chi connectivity index (χ4n) is 5.06. The molecule has 194 valence electrons. The lowest BCUT2D eigenvalue weighted by molar-refractivity contribution is -0.119. The molecule has 3 aromatic heterocycles. The van der Waals surface area contributed by atoms with Crippen LogP contribution < -0.4 is 15.5 Å². The third-order valence-corrected chi connectivity index (χ3v) is 7.07. The summed E-state index contributed by atoms with van der Waals surface area (Å²) in [5, 5.41) is 6.79. The molecule has 2 aliphatic rings. The molecule has 10 heteroatoms. The fraction of sp³-hybridized carbons (Fsp3) is 0.321. The summed E-state index contributed by atoms with van der Waals surface area (Å²) in [4.78, 5) is 32.4. The quantitative estimate of drug-likeness (QED) is 0.369. The van der Waals surface area contributed by atoms with Crippen LogP contribution in [0.2, 0.25) is 0 Å². The highest BCUT2D eigenvalue weighted by Crippen LogP contribution is 2.45. The van der Waals surface area contributed by atoms with Crippen molar-refractivity contribution in [2.45, 2.75) is 44.6 Å². The Morgan fingerprint density at radius 2 is 1.79 bits per heavy atom. The van der Waals surface area contributed by atoms with E-state index in [0.717, 1.165) is 55.5 Å². The molecule has 1 aliphatic carbocycles. The molecule has 8 nitrogen and oxygen atoms in total. The van der Waals surface area contributed by atoms with E-state index in [1.165, 1.54) is 23.8 Å². The van der Waals surface area contributed by atoms with Gasteiger partial charge in [0.1, 0.15) is 29.0 Å². The number of halogens is 2. The molecule has 0 spiro atoms. The Bertz CT molecular complexity index is 1500. The first-order valence-corrected chi connectivity index (χ1v) is 12.8. The lowest BCUT2D eigenvalue weighted by Crippen LogP contribution is -2.44. The van der Waals surface area contributed by atoms with Gasteiger partial charge in [-0.3, -0.25) is 9.78 Å². The van der Waals surface area contributed by atoms with Gasteiger partial charge < -0.3 is 15.5 Å². The van der Waals surface area contributed by atoms with Crippen molar-refractivity contribution in [1.29, 1.82) is 0 Å². The Morgan fingerprint density at radius 3 is 2.50 bits per heavy atom. The Morgan fingerprint density at radius 1 is 1.03 bits per heavy atom. The third kappa shape index (κ3) is 4.85. The van der Waals surface area contributed by atoms with Crippen LogP contribution in [-0.2, 0) is 4.79 Å². The van der Waals surface area contributed by atoms with E-state index >= 15 is 0 Å². The van der Waals surface area contributed by atoms with Crippen LogP contribution in [0, 0.1) is 11.6 Å². The molecule has 0 bridgehead atoms. The number of rotatable bonds is 6. The van der Waals surface area contributed by atoms with E-state index < -0.39 is 11.6 Å². The average Bonchev–Trinajstić information content (AvgIpc) is 3.76. The lowest BCUT2D eigenvalue weighted by Gasteiger charge is -2.34. The van der Waals surface area contributed by atoms with Crippen LogP contribution >= 0.6 is 0 Å². The molecule has 4 aromatic rings. The average molecular weight is 516 g/mol. The Labute approximate surface area is 218 Å². The second-order valence-electron chi connectivity index (χ2n) is 9.88. The van der Waals surface area contributed by atoms with Gasteiger partial charge in [0.05, 0.1) is 11.7 Å². The molecular formula is C28H27F2N7O. The van der Waals surface area contributed by atoms with Gasteiger partial charge in [-0.25, -0.2) is 23.7 Å². The van der Waals surface area contributed by atoms with Crippen LogP contribution in [0.4, 0.5) is 26.1 Å². The summed E-state index contributed by atoms with van der Waals surface area (Å²) in [6.07, 6.45) is 9.13. The predicted molar refractivity (Wildman–Crippen MR) is 141 cm³/mol. The summed E-state index contributed by atoms with van der Waals surface area (Å²) in [5.41, 5.74) is 2.31. The first kappa shape index (κ1) is 24.1. The number of amides is 1. The highest BCUT2D eigenvalue weighted by molar-refractivity contribution is 5.94. The zero-order chi connectivity index (χ0) is 26.2. The van der Waals surface area contributed by atoms with Gasteiger partial charge in [0.15, 0.2) is 5.82 Å². The number of carbonyl (C=O) groups is 1. The van der Waals surface area contributed by atoms with E-state index in [1.54, 1.807) is 31.5 Å². The van der Waals surface area contributed by atoms with Gasteiger partial charge in [-0.2, -0.15) is 0 Å². The molecule has 1 aliphatic heterocycles. The maximum absolute atomic E-state index is 14.2. The number of para-hydroxylation sites is 1. The molecular weight excluding hydrogens is 488 g/mol.